The smallest absolute Gasteiger partial charge is 0.338 e. The van der Waals surface area contributed by atoms with Crippen LogP contribution in [0, 0.1) is 6.92 Å². The number of amides is 2. The summed E-state index contributed by atoms with van der Waals surface area (Å²) in [7, 11) is 1.75. The number of carboxylic acids is 1. The standard InChI is InChI=1S/C15H20N6O4/c1-9-6-12(19-20(9)3)14(23)17-5-4-16-13(22)10(2)21-8-11(7-18-21)15(24)25/h6-8,10H,4-5H2,1-3H3,(H,16,22)(H,17,23)(H,24,25). The van der Waals surface area contributed by atoms with E-state index in [1.165, 1.54) is 17.1 Å². The van der Waals surface area contributed by atoms with Crippen LogP contribution in [0.2, 0.25) is 0 Å². The number of nitrogens with zero attached hydrogens (tertiary/aromatic N) is 4. The largest absolute Gasteiger partial charge is 0.478 e. The zero-order chi connectivity index (χ0) is 18.6. The first kappa shape index (κ1) is 18.2. The fourth-order valence-corrected chi connectivity index (χ4v) is 2.05. The molecule has 2 rings (SSSR count). The highest BCUT2D eigenvalue weighted by Gasteiger charge is 2.17. The fraction of sp³-hybridized carbons (Fsp3) is 0.400. The Morgan fingerprint density at radius 1 is 1.28 bits per heavy atom. The van der Waals surface area contributed by atoms with Gasteiger partial charge in [0.2, 0.25) is 5.91 Å². The van der Waals surface area contributed by atoms with Gasteiger partial charge < -0.3 is 15.7 Å². The van der Waals surface area contributed by atoms with Crippen molar-refractivity contribution in [3.8, 4) is 0 Å². The van der Waals surface area contributed by atoms with Crippen LogP contribution in [-0.4, -0.2) is 55.5 Å². The average molecular weight is 348 g/mol. The molecule has 0 aliphatic heterocycles. The summed E-state index contributed by atoms with van der Waals surface area (Å²) in [5.41, 5.74) is 1.20. The van der Waals surface area contributed by atoms with E-state index in [1.54, 1.807) is 24.7 Å². The highest BCUT2D eigenvalue weighted by molar-refractivity contribution is 5.92. The van der Waals surface area contributed by atoms with E-state index in [1.807, 2.05) is 6.92 Å². The first-order chi connectivity index (χ1) is 11.8. The van der Waals surface area contributed by atoms with Crippen molar-refractivity contribution in [2.45, 2.75) is 19.9 Å². The van der Waals surface area contributed by atoms with E-state index < -0.39 is 12.0 Å². The number of carboxylic acid groups (broad SMARTS) is 1. The Bertz CT molecular complexity index is 774. The van der Waals surface area contributed by atoms with Crippen molar-refractivity contribution in [2.24, 2.45) is 7.05 Å². The number of nitrogens with one attached hydrogen (secondary N) is 2. The molecule has 2 aromatic heterocycles. The van der Waals surface area contributed by atoms with Gasteiger partial charge in [0.25, 0.3) is 5.91 Å². The van der Waals surface area contributed by atoms with Gasteiger partial charge in [-0.15, -0.1) is 0 Å². The van der Waals surface area contributed by atoms with E-state index in [0.29, 0.717) is 5.69 Å². The molecule has 0 saturated heterocycles. The number of carbonyl (C=O) groups excluding carboxylic acids is 2. The molecule has 0 aromatic carbocycles. The molecule has 2 aromatic rings. The number of aromatic carboxylic acids is 1. The fourth-order valence-electron chi connectivity index (χ4n) is 2.05. The van der Waals surface area contributed by atoms with Crippen LogP contribution in [0.1, 0.15) is 39.5 Å². The van der Waals surface area contributed by atoms with Crippen LogP contribution in [0.4, 0.5) is 0 Å². The Hall–Kier alpha value is -3.17. The van der Waals surface area contributed by atoms with Crippen LogP contribution >= 0.6 is 0 Å². The van der Waals surface area contributed by atoms with Crippen LogP contribution in [0.25, 0.3) is 0 Å². The second-order valence-corrected chi connectivity index (χ2v) is 5.53. The van der Waals surface area contributed by atoms with Gasteiger partial charge in [-0.1, -0.05) is 0 Å². The molecule has 10 heteroatoms. The third-order valence-corrected chi connectivity index (χ3v) is 3.68. The molecular formula is C15H20N6O4. The maximum atomic E-state index is 12.0. The van der Waals surface area contributed by atoms with E-state index in [-0.39, 0.29) is 30.5 Å². The summed E-state index contributed by atoms with van der Waals surface area (Å²) < 4.78 is 2.88. The molecule has 0 aliphatic rings. The Labute approximate surface area is 143 Å². The van der Waals surface area contributed by atoms with Crippen molar-refractivity contribution in [2.75, 3.05) is 13.1 Å². The quantitative estimate of drug-likeness (QED) is 0.590. The van der Waals surface area contributed by atoms with Crippen LogP contribution in [-0.2, 0) is 11.8 Å². The maximum Gasteiger partial charge on any atom is 0.338 e. The van der Waals surface area contributed by atoms with Crippen molar-refractivity contribution >= 4 is 17.8 Å². The lowest BCUT2D eigenvalue weighted by molar-refractivity contribution is -0.124. The molecule has 1 atom stereocenters. The average Bonchev–Trinajstić information content (AvgIpc) is 3.18. The number of aromatic nitrogens is 4. The molecular weight excluding hydrogens is 328 g/mol. The molecule has 1 unspecified atom stereocenters. The van der Waals surface area contributed by atoms with Gasteiger partial charge in [0.05, 0.1) is 11.8 Å². The first-order valence-electron chi connectivity index (χ1n) is 7.63. The van der Waals surface area contributed by atoms with E-state index >= 15 is 0 Å². The molecule has 0 radical (unpaired) electrons. The second kappa shape index (κ2) is 7.60. The van der Waals surface area contributed by atoms with Gasteiger partial charge in [-0.25, -0.2) is 4.79 Å². The van der Waals surface area contributed by atoms with Crippen molar-refractivity contribution in [1.29, 1.82) is 0 Å². The van der Waals surface area contributed by atoms with E-state index in [0.717, 1.165) is 5.69 Å². The zero-order valence-electron chi connectivity index (χ0n) is 14.2. The third kappa shape index (κ3) is 4.43. The van der Waals surface area contributed by atoms with Gasteiger partial charge in [-0.3, -0.25) is 19.0 Å². The molecule has 10 nitrogen and oxygen atoms in total. The van der Waals surface area contributed by atoms with Gasteiger partial charge >= 0.3 is 5.97 Å². The number of aryl methyl sites for hydroxylation is 2. The Morgan fingerprint density at radius 2 is 1.96 bits per heavy atom. The van der Waals surface area contributed by atoms with Crippen LogP contribution in [0.5, 0.6) is 0 Å². The molecule has 0 fully saturated rings. The SMILES string of the molecule is Cc1cc(C(=O)NCCNC(=O)C(C)n2cc(C(=O)O)cn2)nn1C. The van der Waals surface area contributed by atoms with Crippen molar-refractivity contribution in [1.82, 2.24) is 30.2 Å². The maximum absolute atomic E-state index is 12.0. The summed E-state index contributed by atoms with van der Waals surface area (Å²) >= 11 is 0. The zero-order valence-corrected chi connectivity index (χ0v) is 14.2. The normalized spacial score (nSPS) is 11.8. The monoisotopic (exact) mass is 348 g/mol. The lowest BCUT2D eigenvalue weighted by atomic mass is 10.3. The van der Waals surface area contributed by atoms with Crippen LogP contribution in [0.3, 0.4) is 0 Å². The first-order valence-corrected chi connectivity index (χ1v) is 7.63. The molecule has 0 spiro atoms. The molecule has 0 saturated carbocycles. The van der Waals surface area contributed by atoms with Crippen LogP contribution in [0.15, 0.2) is 18.5 Å². The highest BCUT2D eigenvalue weighted by atomic mass is 16.4. The third-order valence-electron chi connectivity index (χ3n) is 3.68. The van der Waals surface area contributed by atoms with E-state index in [2.05, 4.69) is 20.8 Å². The molecule has 3 N–H and O–H groups in total. The lowest BCUT2D eigenvalue weighted by Gasteiger charge is -2.12. The van der Waals surface area contributed by atoms with Crippen molar-refractivity contribution in [3.05, 3.63) is 35.4 Å². The summed E-state index contributed by atoms with van der Waals surface area (Å²) in [6.07, 6.45) is 2.47. The molecule has 134 valence electrons. The van der Waals surface area contributed by atoms with E-state index in [4.69, 9.17) is 5.11 Å². The Morgan fingerprint density at radius 3 is 2.52 bits per heavy atom. The number of rotatable bonds is 7. The van der Waals surface area contributed by atoms with Gasteiger partial charge in [0, 0.05) is 32.0 Å². The Kier molecular flexibility index (Phi) is 5.52. The lowest BCUT2D eigenvalue weighted by Crippen LogP contribution is -2.37. The van der Waals surface area contributed by atoms with Crippen LogP contribution < -0.4 is 10.6 Å². The summed E-state index contributed by atoms with van der Waals surface area (Å²) in [6, 6.07) is 1.01. The summed E-state index contributed by atoms with van der Waals surface area (Å²) in [5, 5.41) is 22.1. The van der Waals surface area contributed by atoms with Crippen molar-refractivity contribution < 1.29 is 19.5 Å². The molecule has 2 amide bonds. The molecule has 2 heterocycles. The minimum atomic E-state index is -1.11. The van der Waals surface area contributed by atoms with Gasteiger partial charge in [0.15, 0.2) is 0 Å². The molecule has 0 aliphatic carbocycles. The minimum Gasteiger partial charge on any atom is -0.478 e. The second-order valence-electron chi connectivity index (χ2n) is 5.53. The van der Waals surface area contributed by atoms with Gasteiger partial charge in [0.1, 0.15) is 11.7 Å². The number of hydrogen-bond acceptors (Lipinski definition) is 5. The highest BCUT2D eigenvalue weighted by Crippen LogP contribution is 2.06. The van der Waals surface area contributed by atoms with Gasteiger partial charge in [-0.05, 0) is 19.9 Å². The number of carbonyl (C=O) groups is 3. The van der Waals surface area contributed by atoms with Gasteiger partial charge in [-0.2, -0.15) is 10.2 Å². The molecule has 25 heavy (non-hydrogen) atoms. The predicted octanol–water partition coefficient (Wildman–Crippen LogP) is -0.270. The molecule has 0 bridgehead atoms. The van der Waals surface area contributed by atoms with Crippen molar-refractivity contribution in [3.63, 3.8) is 0 Å². The predicted molar refractivity (Wildman–Crippen MR) is 87.2 cm³/mol. The topological polar surface area (TPSA) is 131 Å². The summed E-state index contributed by atoms with van der Waals surface area (Å²) in [4.78, 5) is 34.8. The summed E-state index contributed by atoms with van der Waals surface area (Å²) in [6.45, 7) is 3.92. The summed E-state index contributed by atoms with van der Waals surface area (Å²) in [5.74, 6) is -1.75. The minimum absolute atomic E-state index is 0.0116. The number of hydrogen-bond donors (Lipinski definition) is 3. The Balaban J connectivity index is 1.77. The van der Waals surface area contributed by atoms with E-state index in [9.17, 15) is 14.4 Å².